The minimum absolute atomic E-state index is 0.00139. The molecule has 6 nitrogen and oxygen atoms in total. The summed E-state index contributed by atoms with van der Waals surface area (Å²) in [6.45, 7) is 7.84. The smallest absolute Gasteiger partial charge is 0.253 e. The standard InChI is InChI=1S/C22H25N3O3/c1-13-14(2)21(24-19-10-23-22(26)20(13)19)25-7-5-17(6-8-25)28-18-4-3-15-11-27-12-16(15)9-18/h3-4,9,17H,5-8,10-12H2,1-2H3,(H,23,26). The Morgan fingerprint density at radius 1 is 1.14 bits per heavy atom. The fraction of sp³-hybridized carbons (Fsp3) is 0.455. The molecule has 1 amide bonds. The Morgan fingerprint density at radius 2 is 1.93 bits per heavy atom. The molecule has 1 fully saturated rings. The Kier molecular flexibility index (Phi) is 4.23. The summed E-state index contributed by atoms with van der Waals surface area (Å²) in [5, 5.41) is 2.89. The first-order chi connectivity index (χ1) is 13.6. The number of fused-ring (bicyclic) bond motifs is 2. The van der Waals surface area contributed by atoms with Crippen molar-refractivity contribution in [1.29, 1.82) is 0 Å². The topological polar surface area (TPSA) is 63.7 Å². The van der Waals surface area contributed by atoms with Gasteiger partial charge >= 0.3 is 0 Å². The van der Waals surface area contributed by atoms with E-state index in [0.717, 1.165) is 59.9 Å². The summed E-state index contributed by atoms with van der Waals surface area (Å²) in [6.07, 6.45) is 2.14. The van der Waals surface area contributed by atoms with Gasteiger partial charge in [0.1, 0.15) is 17.7 Å². The van der Waals surface area contributed by atoms with Crippen molar-refractivity contribution >= 4 is 11.7 Å². The van der Waals surface area contributed by atoms with Gasteiger partial charge in [0.05, 0.1) is 31.0 Å². The van der Waals surface area contributed by atoms with Crippen molar-refractivity contribution in [2.75, 3.05) is 18.0 Å². The van der Waals surface area contributed by atoms with E-state index in [2.05, 4.69) is 35.3 Å². The fourth-order valence-corrected chi connectivity index (χ4v) is 4.43. The number of nitrogens with one attached hydrogen (secondary N) is 1. The van der Waals surface area contributed by atoms with Crippen LogP contribution in [0.3, 0.4) is 0 Å². The van der Waals surface area contributed by atoms with Gasteiger partial charge in [-0.1, -0.05) is 6.07 Å². The number of carbonyl (C=O) groups excluding carboxylic acids is 1. The molecule has 0 aliphatic carbocycles. The van der Waals surface area contributed by atoms with Crippen LogP contribution in [0.4, 0.5) is 5.82 Å². The highest BCUT2D eigenvalue weighted by Gasteiger charge is 2.29. The molecule has 0 spiro atoms. The van der Waals surface area contributed by atoms with E-state index in [1.54, 1.807) is 0 Å². The average molecular weight is 379 g/mol. The molecule has 0 unspecified atom stereocenters. The Balaban J connectivity index is 1.28. The van der Waals surface area contributed by atoms with E-state index < -0.39 is 0 Å². The zero-order valence-electron chi connectivity index (χ0n) is 16.4. The molecule has 0 radical (unpaired) electrons. The number of benzene rings is 1. The number of amides is 1. The van der Waals surface area contributed by atoms with Crippen molar-refractivity contribution in [2.45, 2.75) is 52.6 Å². The SMILES string of the molecule is Cc1c(N2CCC(Oc3ccc4c(c3)COC4)CC2)nc2c(c1C)C(=O)NC2. The van der Waals surface area contributed by atoms with Gasteiger partial charge in [-0.15, -0.1) is 0 Å². The Morgan fingerprint density at radius 3 is 2.75 bits per heavy atom. The van der Waals surface area contributed by atoms with E-state index in [1.807, 2.05) is 6.92 Å². The molecule has 0 saturated carbocycles. The fourth-order valence-electron chi connectivity index (χ4n) is 4.43. The number of pyridine rings is 1. The first-order valence-corrected chi connectivity index (χ1v) is 9.99. The predicted molar refractivity (Wildman–Crippen MR) is 106 cm³/mol. The number of hydrogen-bond acceptors (Lipinski definition) is 5. The maximum absolute atomic E-state index is 12.0. The van der Waals surface area contributed by atoms with Crippen molar-refractivity contribution in [2.24, 2.45) is 0 Å². The second kappa shape index (κ2) is 6.78. The van der Waals surface area contributed by atoms with Crippen molar-refractivity contribution in [3.05, 3.63) is 51.7 Å². The summed E-state index contributed by atoms with van der Waals surface area (Å²) in [4.78, 5) is 19.2. The largest absolute Gasteiger partial charge is 0.490 e. The third-order valence-electron chi connectivity index (χ3n) is 6.18. The van der Waals surface area contributed by atoms with Crippen LogP contribution < -0.4 is 15.0 Å². The molecule has 0 atom stereocenters. The van der Waals surface area contributed by atoms with Gasteiger partial charge in [0.15, 0.2) is 0 Å². The molecule has 28 heavy (non-hydrogen) atoms. The van der Waals surface area contributed by atoms with Crippen LogP contribution in [0, 0.1) is 13.8 Å². The summed E-state index contributed by atoms with van der Waals surface area (Å²) in [5.74, 6) is 1.96. The second-order valence-electron chi connectivity index (χ2n) is 7.92. The number of piperidine rings is 1. The van der Waals surface area contributed by atoms with Crippen molar-refractivity contribution in [3.63, 3.8) is 0 Å². The summed E-state index contributed by atoms with van der Waals surface area (Å²) in [5.41, 5.74) is 6.31. The molecular formula is C22H25N3O3. The molecule has 1 N–H and O–H groups in total. The van der Waals surface area contributed by atoms with Crippen LogP contribution in [0.15, 0.2) is 18.2 Å². The van der Waals surface area contributed by atoms with Gasteiger partial charge in [-0.3, -0.25) is 4.79 Å². The molecule has 3 aliphatic heterocycles. The van der Waals surface area contributed by atoms with Gasteiger partial charge in [-0.25, -0.2) is 4.98 Å². The number of anilines is 1. The van der Waals surface area contributed by atoms with Gasteiger partial charge in [-0.05, 0) is 48.2 Å². The first-order valence-electron chi connectivity index (χ1n) is 9.99. The van der Waals surface area contributed by atoms with E-state index >= 15 is 0 Å². The van der Waals surface area contributed by atoms with E-state index in [9.17, 15) is 4.79 Å². The zero-order valence-corrected chi connectivity index (χ0v) is 16.4. The average Bonchev–Trinajstić information content (AvgIpc) is 3.31. The van der Waals surface area contributed by atoms with Crippen molar-refractivity contribution < 1.29 is 14.3 Å². The Labute approximate surface area is 164 Å². The zero-order chi connectivity index (χ0) is 19.3. The lowest BCUT2D eigenvalue weighted by Crippen LogP contribution is -2.39. The molecule has 146 valence electrons. The number of hydrogen-bond donors (Lipinski definition) is 1. The summed E-state index contributed by atoms with van der Waals surface area (Å²) in [6, 6.07) is 6.29. The summed E-state index contributed by atoms with van der Waals surface area (Å²) >= 11 is 0. The third kappa shape index (κ3) is 2.92. The highest BCUT2D eigenvalue weighted by molar-refractivity contribution is 5.99. The van der Waals surface area contributed by atoms with Gasteiger partial charge < -0.3 is 19.7 Å². The molecule has 6 heteroatoms. The van der Waals surface area contributed by atoms with Crippen LogP contribution in [-0.4, -0.2) is 30.1 Å². The number of nitrogens with zero attached hydrogens (tertiary/aromatic N) is 2. The lowest BCUT2D eigenvalue weighted by Gasteiger charge is -2.34. The second-order valence-corrected chi connectivity index (χ2v) is 7.92. The summed E-state index contributed by atoms with van der Waals surface area (Å²) < 4.78 is 11.7. The Hall–Kier alpha value is -2.60. The van der Waals surface area contributed by atoms with Crippen LogP contribution in [0.5, 0.6) is 5.75 Å². The molecule has 2 aromatic rings. The van der Waals surface area contributed by atoms with Crippen LogP contribution in [0.1, 0.15) is 51.1 Å². The number of ether oxygens (including phenoxy) is 2. The minimum Gasteiger partial charge on any atom is -0.490 e. The number of aromatic nitrogens is 1. The van der Waals surface area contributed by atoms with E-state index in [-0.39, 0.29) is 12.0 Å². The minimum atomic E-state index is 0.00139. The molecule has 0 bridgehead atoms. The van der Waals surface area contributed by atoms with Gasteiger partial charge in [0, 0.05) is 25.9 Å². The van der Waals surface area contributed by atoms with Crippen LogP contribution >= 0.6 is 0 Å². The monoisotopic (exact) mass is 379 g/mol. The van der Waals surface area contributed by atoms with Gasteiger partial charge in [-0.2, -0.15) is 0 Å². The van der Waals surface area contributed by atoms with Crippen molar-refractivity contribution in [3.8, 4) is 5.75 Å². The molecule has 1 saturated heterocycles. The number of carbonyl (C=O) groups is 1. The normalized spacial score (nSPS) is 18.8. The third-order valence-corrected chi connectivity index (χ3v) is 6.18. The molecule has 1 aromatic carbocycles. The molecule has 5 rings (SSSR count). The maximum atomic E-state index is 12.0. The van der Waals surface area contributed by atoms with E-state index in [1.165, 1.54) is 11.1 Å². The molecular weight excluding hydrogens is 354 g/mol. The predicted octanol–water partition coefficient (Wildman–Crippen LogP) is 3.02. The highest BCUT2D eigenvalue weighted by atomic mass is 16.5. The highest BCUT2D eigenvalue weighted by Crippen LogP contribution is 2.31. The molecule has 1 aromatic heterocycles. The van der Waals surface area contributed by atoms with Gasteiger partial charge in [0.25, 0.3) is 5.91 Å². The quantitative estimate of drug-likeness (QED) is 0.888. The number of rotatable bonds is 3. The lowest BCUT2D eigenvalue weighted by atomic mass is 10.0. The first kappa shape index (κ1) is 17.5. The molecule has 4 heterocycles. The Bertz CT molecular complexity index is 949. The lowest BCUT2D eigenvalue weighted by molar-refractivity contribution is 0.0965. The van der Waals surface area contributed by atoms with Crippen LogP contribution in [0.25, 0.3) is 0 Å². The van der Waals surface area contributed by atoms with Crippen LogP contribution in [-0.2, 0) is 24.5 Å². The maximum Gasteiger partial charge on any atom is 0.253 e. The summed E-state index contributed by atoms with van der Waals surface area (Å²) in [7, 11) is 0. The molecule has 3 aliphatic rings. The van der Waals surface area contributed by atoms with Gasteiger partial charge in [0.2, 0.25) is 0 Å². The van der Waals surface area contributed by atoms with E-state index in [4.69, 9.17) is 14.5 Å². The van der Waals surface area contributed by atoms with E-state index in [0.29, 0.717) is 19.8 Å². The van der Waals surface area contributed by atoms with Crippen molar-refractivity contribution in [1.82, 2.24) is 10.3 Å². The van der Waals surface area contributed by atoms with Crippen LogP contribution in [0.2, 0.25) is 0 Å².